The van der Waals surface area contributed by atoms with Gasteiger partial charge in [-0.25, -0.2) is 4.98 Å². The van der Waals surface area contributed by atoms with E-state index in [4.69, 9.17) is 4.74 Å². The molecule has 0 bridgehead atoms. The van der Waals surface area contributed by atoms with Crippen molar-refractivity contribution in [2.45, 2.75) is 31.5 Å². The van der Waals surface area contributed by atoms with E-state index >= 15 is 0 Å². The normalized spacial score (nSPS) is 27.7. The Hall–Kier alpha value is -2.01. The van der Waals surface area contributed by atoms with Crippen LogP contribution in [0.3, 0.4) is 0 Å². The van der Waals surface area contributed by atoms with Gasteiger partial charge in [-0.15, -0.1) is 0 Å². The predicted molar refractivity (Wildman–Crippen MR) is 79.9 cm³/mol. The molecule has 2 aromatic heterocycles. The second kappa shape index (κ2) is 5.89. The topological polar surface area (TPSA) is 135 Å². The van der Waals surface area contributed by atoms with Gasteiger partial charge in [0.2, 0.25) is 5.95 Å². The summed E-state index contributed by atoms with van der Waals surface area (Å²) in [6.45, 7) is 2.02. The number of hydrogen-bond donors (Lipinski definition) is 4. The van der Waals surface area contributed by atoms with Crippen LogP contribution in [0.1, 0.15) is 13.2 Å². The second-order valence-electron chi connectivity index (χ2n) is 5.38. The van der Waals surface area contributed by atoms with E-state index in [0.29, 0.717) is 12.5 Å². The number of fused-ring (bicyclic) bond motifs is 1. The number of aliphatic hydroxyl groups is 3. The molecule has 1 saturated heterocycles. The van der Waals surface area contributed by atoms with Crippen LogP contribution in [0, 0.1) is 0 Å². The molecule has 0 aromatic carbocycles. The lowest BCUT2D eigenvalue weighted by molar-refractivity contribution is -0.0511. The van der Waals surface area contributed by atoms with Gasteiger partial charge in [0.1, 0.15) is 18.3 Å². The van der Waals surface area contributed by atoms with Crippen molar-refractivity contribution in [3.63, 3.8) is 0 Å². The zero-order valence-corrected chi connectivity index (χ0v) is 12.7. The molecule has 0 saturated carbocycles. The molecule has 4 N–H and O–H groups in total. The molecule has 0 radical (unpaired) electrons. The Labute approximate surface area is 131 Å². The third-order valence-corrected chi connectivity index (χ3v) is 3.93. The first-order valence-electron chi connectivity index (χ1n) is 7.29. The van der Waals surface area contributed by atoms with Crippen molar-refractivity contribution in [3.8, 4) is 0 Å². The standard InChI is InChI=1S/C13H19N5O5/c1-3-14-13-16-10-7(11(22)17(13)2)15-5-18(10)12-9(21)8(20)6(4-19)23-12/h5-6,8-9,12,19-21H,3-4H2,1-2H3,(H,14,16)/t6-,8-,9-,12-/m1/s1. The van der Waals surface area contributed by atoms with Crippen LogP contribution < -0.4 is 10.9 Å². The quantitative estimate of drug-likeness (QED) is 0.516. The van der Waals surface area contributed by atoms with Crippen LogP contribution in [0.25, 0.3) is 11.2 Å². The summed E-state index contributed by atoms with van der Waals surface area (Å²) in [5, 5.41) is 32.1. The highest BCUT2D eigenvalue weighted by molar-refractivity contribution is 5.71. The van der Waals surface area contributed by atoms with E-state index in [1.54, 1.807) is 7.05 Å². The van der Waals surface area contributed by atoms with E-state index in [9.17, 15) is 20.1 Å². The minimum absolute atomic E-state index is 0.131. The van der Waals surface area contributed by atoms with Crippen molar-refractivity contribution in [1.82, 2.24) is 19.1 Å². The lowest BCUT2D eigenvalue weighted by atomic mass is 10.1. The number of aliphatic hydroxyl groups excluding tert-OH is 3. The maximum Gasteiger partial charge on any atom is 0.282 e. The Morgan fingerprint density at radius 2 is 2.13 bits per heavy atom. The van der Waals surface area contributed by atoms with Crippen LogP contribution in [0.15, 0.2) is 11.1 Å². The highest BCUT2D eigenvalue weighted by Gasteiger charge is 2.44. The van der Waals surface area contributed by atoms with Gasteiger partial charge in [-0.3, -0.25) is 13.9 Å². The molecular weight excluding hydrogens is 306 g/mol. The molecule has 1 fully saturated rings. The fourth-order valence-electron chi connectivity index (χ4n) is 2.66. The summed E-state index contributed by atoms with van der Waals surface area (Å²) in [4.78, 5) is 20.7. The van der Waals surface area contributed by atoms with Gasteiger partial charge in [0.15, 0.2) is 17.4 Å². The molecular formula is C13H19N5O5. The van der Waals surface area contributed by atoms with Crippen molar-refractivity contribution in [3.05, 3.63) is 16.7 Å². The Balaban J connectivity index is 2.11. The highest BCUT2D eigenvalue weighted by atomic mass is 16.6. The summed E-state index contributed by atoms with van der Waals surface area (Å²) >= 11 is 0. The average molecular weight is 325 g/mol. The monoisotopic (exact) mass is 325 g/mol. The molecule has 126 valence electrons. The number of ether oxygens (including phenoxy) is 1. The molecule has 0 spiro atoms. The van der Waals surface area contributed by atoms with E-state index in [1.807, 2.05) is 6.92 Å². The molecule has 10 nitrogen and oxygen atoms in total. The lowest BCUT2D eigenvalue weighted by Gasteiger charge is -2.17. The Morgan fingerprint density at radius 1 is 1.39 bits per heavy atom. The molecule has 0 unspecified atom stereocenters. The summed E-state index contributed by atoms with van der Waals surface area (Å²) in [6, 6.07) is 0. The van der Waals surface area contributed by atoms with E-state index in [0.717, 1.165) is 0 Å². The van der Waals surface area contributed by atoms with E-state index in [-0.39, 0.29) is 16.7 Å². The van der Waals surface area contributed by atoms with Gasteiger partial charge in [-0.1, -0.05) is 0 Å². The van der Waals surface area contributed by atoms with Gasteiger partial charge in [0.05, 0.1) is 12.9 Å². The second-order valence-corrected chi connectivity index (χ2v) is 5.38. The Kier molecular flexibility index (Phi) is 4.06. The SMILES string of the molecule is CCNc1nc2c(ncn2[C@@H]2O[C@H](CO)[C@@H](O)[C@H]2O)c(=O)n1C. The maximum absolute atomic E-state index is 12.3. The number of nitrogens with one attached hydrogen (secondary N) is 1. The smallest absolute Gasteiger partial charge is 0.282 e. The molecule has 0 amide bonds. The molecule has 23 heavy (non-hydrogen) atoms. The predicted octanol–water partition coefficient (Wildman–Crippen LogP) is -1.83. The van der Waals surface area contributed by atoms with Crippen molar-refractivity contribution >= 4 is 17.1 Å². The average Bonchev–Trinajstić information content (AvgIpc) is 3.07. The molecule has 10 heteroatoms. The first kappa shape index (κ1) is 15.9. The van der Waals surface area contributed by atoms with Crippen molar-refractivity contribution in [1.29, 1.82) is 0 Å². The zero-order valence-electron chi connectivity index (χ0n) is 12.7. The summed E-state index contributed by atoms with van der Waals surface area (Å²) < 4.78 is 8.20. The van der Waals surface area contributed by atoms with Crippen LogP contribution in [0.4, 0.5) is 5.95 Å². The number of aromatic nitrogens is 4. The number of hydrogen-bond acceptors (Lipinski definition) is 8. The van der Waals surface area contributed by atoms with Gasteiger partial charge in [0.25, 0.3) is 5.56 Å². The van der Waals surface area contributed by atoms with Crippen LogP contribution in [-0.2, 0) is 11.8 Å². The Bertz CT molecular complexity index is 772. The van der Waals surface area contributed by atoms with E-state index in [1.165, 1.54) is 15.5 Å². The van der Waals surface area contributed by atoms with Crippen LogP contribution >= 0.6 is 0 Å². The van der Waals surface area contributed by atoms with Crippen LogP contribution in [0.5, 0.6) is 0 Å². The van der Waals surface area contributed by atoms with Crippen molar-refractivity contribution < 1.29 is 20.1 Å². The van der Waals surface area contributed by atoms with Gasteiger partial charge >= 0.3 is 0 Å². The van der Waals surface area contributed by atoms with Crippen LogP contribution in [-0.4, -0.2) is 65.9 Å². The summed E-state index contributed by atoms with van der Waals surface area (Å²) in [5.41, 5.74) is 0.0298. The van der Waals surface area contributed by atoms with E-state index in [2.05, 4.69) is 15.3 Å². The number of rotatable bonds is 4. The van der Waals surface area contributed by atoms with Gasteiger partial charge in [-0.2, -0.15) is 4.98 Å². The minimum Gasteiger partial charge on any atom is -0.394 e. The van der Waals surface area contributed by atoms with Crippen LogP contribution in [0.2, 0.25) is 0 Å². The molecule has 3 heterocycles. The number of imidazole rings is 1. The third kappa shape index (κ3) is 2.39. The van der Waals surface area contributed by atoms with Gasteiger partial charge in [-0.05, 0) is 6.92 Å². The number of anilines is 1. The maximum atomic E-state index is 12.3. The minimum atomic E-state index is -1.27. The molecule has 1 aliphatic rings. The van der Waals surface area contributed by atoms with Crippen molar-refractivity contribution in [2.24, 2.45) is 7.05 Å². The Morgan fingerprint density at radius 3 is 2.74 bits per heavy atom. The van der Waals surface area contributed by atoms with Gasteiger partial charge < -0.3 is 25.4 Å². The first-order valence-corrected chi connectivity index (χ1v) is 7.29. The fraction of sp³-hybridized carbons (Fsp3) is 0.615. The summed E-state index contributed by atoms with van der Waals surface area (Å²) in [5.74, 6) is 0.360. The molecule has 2 aromatic rings. The molecule has 4 atom stereocenters. The van der Waals surface area contributed by atoms with Gasteiger partial charge in [0, 0.05) is 13.6 Å². The third-order valence-electron chi connectivity index (χ3n) is 3.93. The van der Waals surface area contributed by atoms with Crippen molar-refractivity contribution in [2.75, 3.05) is 18.5 Å². The highest BCUT2D eigenvalue weighted by Crippen LogP contribution is 2.30. The molecule has 1 aliphatic heterocycles. The molecule has 3 rings (SSSR count). The zero-order chi connectivity index (χ0) is 16.7. The van der Waals surface area contributed by atoms with E-state index < -0.39 is 31.1 Å². The summed E-state index contributed by atoms with van der Waals surface area (Å²) in [7, 11) is 1.58. The number of nitrogens with zero attached hydrogens (tertiary/aromatic N) is 4. The first-order chi connectivity index (χ1) is 11.0. The summed E-state index contributed by atoms with van der Waals surface area (Å²) in [6.07, 6.45) is -3.07. The fourth-order valence-corrected chi connectivity index (χ4v) is 2.66. The molecule has 0 aliphatic carbocycles. The lowest BCUT2D eigenvalue weighted by Crippen LogP contribution is -2.33. The largest absolute Gasteiger partial charge is 0.394 e.